The van der Waals surface area contributed by atoms with Crippen LogP contribution in [-0.4, -0.2) is 62.2 Å². The van der Waals surface area contributed by atoms with Gasteiger partial charge in [-0.15, -0.1) is 0 Å². The molecule has 1 heterocycles. The van der Waals surface area contributed by atoms with E-state index in [-0.39, 0.29) is 36.0 Å². The summed E-state index contributed by atoms with van der Waals surface area (Å²) >= 11 is 0. The number of ether oxygens (including phenoxy) is 1. The van der Waals surface area contributed by atoms with Gasteiger partial charge in [-0.2, -0.15) is 0 Å². The third-order valence-electron chi connectivity index (χ3n) is 7.74. The molecule has 1 fully saturated rings. The molecule has 4 rings (SSSR count). The number of benzene rings is 2. The third-order valence-corrected chi connectivity index (χ3v) is 7.74. The number of amides is 2. The molecule has 1 radical (unpaired) electrons. The molecule has 0 spiro atoms. The minimum absolute atomic E-state index is 0.0336. The van der Waals surface area contributed by atoms with Gasteiger partial charge in [0.1, 0.15) is 0 Å². The second-order valence-corrected chi connectivity index (χ2v) is 11.8. The second kappa shape index (κ2) is 14.6. The summed E-state index contributed by atoms with van der Waals surface area (Å²) in [5.74, 6) is 0.566. The van der Waals surface area contributed by atoms with E-state index in [1.807, 2.05) is 51.1 Å². The number of carbonyl (C=O) groups is 2. The Kier molecular flexibility index (Phi) is 11.0. The number of nitrogens with one attached hydrogen (secondary N) is 4. The molecule has 0 saturated heterocycles. The Balaban J connectivity index is 1.59. The SMILES string of the molecule is [B]=C1NC(CC2CC2)C(=O)NCCCc2ccccc2OC[C@@H](C)N[C@H](Cc2cccc(F)c2)C(=O)N[C@@H]1C(C)C. The van der Waals surface area contributed by atoms with Crippen LogP contribution in [0.4, 0.5) is 4.39 Å². The molecule has 2 aromatic rings. The molecule has 1 aliphatic heterocycles. The van der Waals surface area contributed by atoms with Gasteiger partial charge in [0, 0.05) is 0 Å². The molecule has 7 nitrogen and oxygen atoms in total. The van der Waals surface area contributed by atoms with Crippen LogP contribution >= 0.6 is 0 Å². The molecule has 2 aliphatic rings. The van der Waals surface area contributed by atoms with Crippen molar-refractivity contribution in [3.63, 3.8) is 0 Å². The van der Waals surface area contributed by atoms with Crippen LogP contribution < -0.4 is 26.0 Å². The van der Waals surface area contributed by atoms with E-state index >= 15 is 0 Å². The Bertz CT molecular complexity index is 1200. The van der Waals surface area contributed by atoms with E-state index in [2.05, 4.69) is 21.3 Å². The number of rotatable bonds is 5. The molecular weight excluding hydrogens is 518 g/mol. The Hall–Kier alpha value is -3.20. The normalized spacial score (nSPS) is 25.1. The molecule has 4 N–H and O–H groups in total. The average Bonchev–Trinajstić information content (AvgIpc) is 3.76. The monoisotopic (exact) mass is 561 g/mol. The molecule has 2 aromatic carbocycles. The molecule has 0 bridgehead atoms. The number of carbonyl (C=O) groups excluding carboxylic acids is 2. The van der Waals surface area contributed by atoms with E-state index in [9.17, 15) is 14.0 Å². The fourth-order valence-corrected chi connectivity index (χ4v) is 5.26. The van der Waals surface area contributed by atoms with Crippen LogP contribution in [0.5, 0.6) is 5.75 Å². The number of aryl methyl sites for hydroxylation is 1. The zero-order chi connectivity index (χ0) is 29.4. The van der Waals surface area contributed by atoms with Crippen LogP contribution in [0.1, 0.15) is 57.6 Å². The van der Waals surface area contributed by atoms with Gasteiger partial charge in [0.05, 0.1) is 0 Å². The Labute approximate surface area is 244 Å². The van der Waals surface area contributed by atoms with Crippen molar-refractivity contribution in [2.75, 3.05) is 13.2 Å². The maximum absolute atomic E-state index is 14.0. The first-order valence-corrected chi connectivity index (χ1v) is 14.9. The quantitative estimate of drug-likeness (QED) is 0.422. The number of hydrogen-bond acceptors (Lipinski definition) is 5. The van der Waals surface area contributed by atoms with E-state index in [0.29, 0.717) is 36.6 Å². The molecule has 1 aliphatic carbocycles. The van der Waals surface area contributed by atoms with Crippen LogP contribution in [0.15, 0.2) is 48.5 Å². The van der Waals surface area contributed by atoms with Gasteiger partial charge < -0.3 is 0 Å². The van der Waals surface area contributed by atoms with Crippen molar-refractivity contribution in [1.82, 2.24) is 21.3 Å². The van der Waals surface area contributed by atoms with Gasteiger partial charge in [-0.05, 0) is 0 Å². The minimum atomic E-state index is -0.663. The van der Waals surface area contributed by atoms with E-state index < -0.39 is 18.1 Å². The number of fused-ring (bicyclic) bond motifs is 1. The number of para-hydroxylation sites is 1. The fraction of sp³-hybridized carbons (Fsp3) is 0.531. The van der Waals surface area contributed by atoms with E-state index in [4.69, 9.17) is 12.2 Å². The summed E-state index contributed by atoms with van der Waals surface area (Å²) in [5, 5.41) is 12.9. The van der Waals surface area contributed by atoms with Crippen molar-refractivity contribution in [2.45, 2.75) is 83.5 Å². The molecule has 2 amide bonds. The molecule has 1 saturated carbocycles. The van der Waals surface area contributed by atoms with Gasteiger partial charge in [-0.3, -0.25) is 0 Å². The molecule has 0 aromatic heterocycles. The van der Waals surface area contributed by atoms with Crippen LogP contribution in [0.3, 0.4) is 0 Å². The molecular formula is C32H43BFN4O3. The van der Waals surface area contributed by atoms with E-state index in [1.165, 1.54) is 12.1 Å². The third kappa shape index (κ3) is 9.42. The summed E-state index contributed by atoms with van der Waals surface area (Å²) in [4.78, 5) is 27.0. The van der Waals surface area contributed by atoms with Crippen molar-refractivity contribution in [2.24, 2.45) is 11.8 Å². The first-order valence-electron chi connectivity index (χ1n) is 14.9. The summed E-state index contributed by atoms with van der Waals surface area (Å²) in [6.45, 7) is 6.80. The Morgan fingerprint density at radius 2 is 1.80 bits per heavy atom. The molecule has 1 unspecified atom stereocenters. The standard InChI is InChI=1S/C32H43BFN4O3/c1-20(2)29-30(33)37-26(17-22-13-14-22)31(39)35-15-7-10-24-9-4-5-12-28(24)41-19-21(3)36-27(32(40)38-29)18-23-8-6-11-25(34)16-23/h4-6,8-9,11-12,16,20-22,26-27,29,36-37H,7,10,13-15,17-19H2,1-3H3,(H,35,39)(H,38,40)/t21-,26?,27-,29-/m1/s1. The van der Waals surface area contributed by atoms with E-state index in [0.717, 1.165) is 37.0 Å². The fourth-order valence-electron chi connectivity index (χ4n) is 5.26. The van der Waals surface area contributed by atoms with Crippen molar-refractivity contribution < 1.29 is 18.7 Å². The molecule has 41 heavy (non-hydrogen) atoms. The van der Waals surface area contributed by atoms with Crippen LogP contribution in [0, 0.1) is 17.7 Å². The predicted molar refractivity (Wildman–Crippen MR) is 162 cm³/mol. The zero-order valence-corrected chi connectivity index (χ0v) is 24.4. The van der Waals surface area contributed by atoms with Gasteiger partial charge in [0.15, 0.2) is 0 Å². The van der Waals surface area contributed by atoms with Crippen LogP contribution in [-0.2, 0) is 22.4 Å². The Morgan fingerprint density at radius 1 is 1.02 bits per heavy atom. The first kappa shape index (κ1) is 30.8. The van der Waals surface area contributed by atoms with Gasteiger partial charge in [-0.25, -0.2) is 0 Å². The number of hydrogen-bond donors (Lipinski definition) is 4. The summed E-state index contributed by atoms with van der Waals surface area (Å²) in [5.41, 5.74) is 2.13. The van der Waals surface area contributed by atoms with Crippen LogP contribution in [0.25, 0.3) is 0 Å². The van der Waals surface area contributed by atoms with Gasteiger partial charge in [0.2, 0.25) is 0 Å². The van der Waals surface area contributed by atoms with Crippen molar-refractivity contribution >= 4 is 24.9 Å². The second-order valence-electron chi connectivity index (χ2n) is 11.8. The van der Waals surface area contributed by atoms with Crippen molar-refractivity contribution in [3.05, 3.63) is 65.5 Å². The van der Waals surface area contributed by atoms with E-state index in [1.54, 1.807) is 6.07 Å². The Morgan fingerprint density at radius 3 is 2.54 bits per heavy atom. The summed E-state index contributed by atoms with van der Waals surface area (Å²) < 4.78 is 20.2. The summed E-state index contributed by atoms with van der Waals surface area (Å²) in [6.07, 6.45) is 4.73. The molecule has 4 atom stereocenters. The van der Waals surface area contributed by atoms with Crippen molar-refractivity contribution in [3.8, 4) is 5.75 Å². The maximum atomic E-state index is 14.0. The topological polar surface area (TPSA) is 91.5 Å². The van der Waals surface area contributed by atoms with Gasteiger partial charge in [-0.1, -0.05) is 0 Å². The summed E-state index contributed by atoms with van der Waals surface area (Å²) in [7, 11) is 6.56. The van der Waals surface area contributed by atoms with Gasteiger partial charge >= 0.3 is 245 Å². The van der Waals surface area contributed by atoms with Gasteiger partial charge in [0.25, 0.3) is 0 Å². The first-order chi connectivity index (χ1) is 19.7. The zero-order valence-electron chi connectivity index (χ0n) is 24.4. The summed E-state index contributed by atoms with van der Waals surface area (Å²) in [6, 6.07) is 12.4. The number of halogens is 1. The van der Waals surface area contributed by atoms with Crippen molar-refractivity contribution in [1.29, 1.82) is 0 Å². The van der Waals surface area contributed by atoms with Crippen LogP contribution in [0.2, 0.25) is 0 Å². The predicted octanol–water partition coefficient (Wildman–Crippen LogP) is 3.05. The molecule has 9 heteroatoms. The molecule has 219 valence electrons. The average molecular weight is 562 g/mol.